The third kappa shape index (κ3) is 5.26. The van der Waals surface area contributed by atoms with Crippen molar-refractivity contribution in [1.29, 1.82) is 0 Å². The summed E-state index contributed by atoms with van der Waals surface area (Å²) in [5.74, 6) is -1.87. The van der Waals surface area contributed by atoms with E-state index in [0.29, 0.717) is 30.0 Å². The molecule has 4 heterocycles. The van der Waals surface area contributed by atoms with E-state index in [4.69, 9.17) is 16.6 Å². The van der Waals surface area contributed by atoms with E-state index in [1.807, 2.05) is 29.2 Å². The third-order valence-electron chi connectivity index (χ3n) is 7.75. The first-order chi connectivity index (χ1) is 22.2. The molecule has 1 amide bonds. The molecule has 0 radical (unpaired) electrons. The van der Waals surface area contributed by atoms with E-state index in [2.05, 4.69) is 20.0 Å². The van der Waals surface area contributed by atoms with Crippen LogP contribution < -0.4 is 10.0 Å². The van der Waals surface area contributed by atoms with Crippen molar-refractivity contribution in [1.82, 2.24) is 24.4 Å². The molecule has 1 fully saturated rings. The Balaban J connectivity index is 1.27. The zero-order chi connectivity index (χ0) is 32.0. The first-order valence-corrected chi connectivity index (χ1v) is 16.1. The lowest BCUT2D eigenvalue weighted by Gasteiger charge is -2.15. The molecule has 2 N–H and O–H groups in total. The Morgan fingerprint density at radius 2 is 1.67 bits per heavy atom. The second kappa shape index (κ2) is 11.7. The molecule has 232 valence electrons. The maximum Gasteiger partial charge on any atom is 0.263 e. The highest BCUT2D eigenvalue weighted by Crippen LogP contribution is 2.33. The summed E-state index contributed by atoms with van der Waals surface area (Å²) in [6, 6.07) is 18.4. The molecule has 14 heteroatoms. The number of anilines is 3. The lowest BCUT2D eigenvalue weighted by atomic mass is 10.1. The van der Waals surface area contributed by atoms with Crippen LogP contribution in [0.5, 0.6) is 0 Å². The number of pyridine rings is 1. The van der Waals surface area contributed by atoms with Crippen molar-refractivity contribution >= 4 is 66.7 Å². The van der Waals surface area contributed by atoms with Crippen LogP contribution in [0.25, 0.3) is 27.8 Å². The largest absolute Gasteiger partial charge is 0.339 e. The highest BCUT2D eigenvalue weighted by Gasteiger charge is 2.25. The smallest absolute Gasteiger partial charge is 0.263 e. The molecule has 46 heavy (non-hydrogen) atoms. The van der Waals surface area contributed by atoms with Crippen LogP contribution in [0.15, 0.2) is 90.2 Å². The van der Waals surface area contributed by atoms with Gasteiger partial charge in [-0.2, -0.15) is 0 Å². The molecule has 1 saturated heterocycles. The molecule has 0 saturated carbocycles. The summed E-state index contributed by atoms with van der Waals surface area (Å²) in [6.45, 7) is 1.41. The summed E-state index contributed by atoms with van der Waals surface area (Å²) in [4.78, 5) is 28.1. The number of aromatic nitrogens is 4. The normalized spacial score (nSPS) is 13.4. The minimum Gasteiger partial charge on any atom is -0.339 e. The van der Waals surface area contributed by atoms with Gasteiger partial charge in [0, 0.05) is 24.7 Å². The van der Waals surface area contributed by atoms with E-state index in [1.165, 1.54) is 24.5 Å². The second-order valence-electron chi connectivity index (χ2n) is 10.6. The molecule has 6 aromatic rings. The number of nitrogens with zero attached hydrogens (tertiary/aromatic N) is 5. The van der Waals surface area contributed by atoms with Gasteiger partial charge in [-0.25, -0.2) is 32.2 Å². The first-order valence-electron chi connectivity index (χ1n) is 14.2. The minimum atomic E-state index is -4.31. The van der Waals surface area contributed by atoms with Gasteiger partial charge in [-0.1, -0.05) is 41.9 Å². The van der Waals surface area contributed by atoms with Crippen LogP contribution in [0.4, 0.5) is 26.0 Å². The van der Waals surface area contributed by atoms with Gasteiger partial charge >= 0.3 is 0 Å². The summed E-state index contributed by atoms with van der Waals surface area (Å²) in [5, 5.41) is 3.35. The standard InChI is InChI=1S/C32H24ClF2N7O3S/c33-21-8-2-4-10-26(21)46(44,45)40-23-12-11-22(34)29(28(23)35)39-31-30-24(36-18-37-31)13-14-27(38-30)42-17-20(19-7-1-3-9-25(19)42)32(43)41-15-5-6-16-41/h1-4,7-14,17-18,40H,5-6,15-16H2,(H,36,37,39). The number of carbonyl (C=O) groups excluding carboxylic acids is 1. The van der Waals surface area contributed by atoms with Crippen LogP contribution in [-0.4, -0.2) is 51.8 Å². The molecular formula is C32H24ClF2N7O3S. The first kappa shape index (κ1) is 29.6. The minimum absolute atomic E-state index is 0.0272. The maximum atomic E-state index is 15.7. The average Bonchev–Trinajstić information content (AvgIpc) is 3.73. The van der Waals surface area contributed by atoms with Gasteiger partial charge in [-0.15, -0.1) is 0 Å². The van der Waals surface area contributed by atoms with Gasteiger partial charge < -0.3 is 14.8 Å². The monoisotopic (exact) mass is 659 g/mol. The van der Waals surface area contributed by atoms with Gasteiger partial charge in [0.1, 0.15) is 34.1 Å². The van der Waals surface area contributed by atoms with Gasteiger partial charge in [0.05, 0.1) is 27.3 Å². The number of rotatable bonds is 7. The number of carbonyl (C=O) groups is 1. The lowest BCUT2D eigenvalue weighted by molar-refractivity contribution is 0.0794. The quantitative estimate of drug-likeness (QED) is 0.196. The maximum absolute atomic E-state index is 15.7. The molecule has 0 unspecified atom stereocenters. The SMILES string of the molecule is O=C(c1cn(-c2ccc3ncnc(Nc4c(F)ccc(NS(=O)(=O)c5ccccc5Cl)c4F)c3n2)c2ccccc12)N1CCCC1. The summed E-state index contributed by atoms with van der Waals surface area (Å²) < 4.78 is 60.6. The van der Waals surface area contributed by atoms with Crippen molar-refractivity contribution < 1.29 is 22.0 Å². The van der Waals surface area contributed by atoms with Crippen molar-refractivity contribution in [2.75, 3.05) is 23.1 Å². The molecule has 10 nitrogen and oxygen atoms in total. The Kier molecular flexibility index (Phi) is 7.49. The van der Waals surface area contributed by atoms with Gasteiger partial charge in [-0.05, 0) is 55.3 Å². The Bertz CT molecular complexity index is 2270. The number of sulfonamides is 1. The predicted octanol–water partition coefficient (Wildman–Crippen LogP) is 6.68. The zero-order valence-corrected chi connectivity index (χ0v) is 25.5. The highest BCUT2D eigenvalue weighted by atomic mass is 35.5. The van der Waals surface area contributed by atoms with E-state index in [0.717, 1.165) is 35.9 Å². The molecule has 7 rings (SSSR count). The van der Waals surface area contributed by atoms with Gasteiger partial charge in [-0.3, -0.25) is 9.52 Å². The van der Waals surface area contributed by atoms with Crippen LogP contribution in [0.2, 0.25) is 5.02 Å². The van der Waals surface area contributed by atoms with Crippen molar-refractivity contribution in [3.8, 4) is 5.82 Å². The Morgan fingerprint density at radius 1 is 0.913 bits per heavy atom. The van der Waals surface area contributed by atoms with Crippen LogP contribution >= 0.6 is 11.6 Å². The second-order valence-corrected chi connectivity index (χ2v) is 12.7. The van der Waals surface area contributed by atoms with E-state index < -0.39 is 33.0 Å². The molecular weight excluding hydrogens is 636 g/mol. The predicted molar refractivity (Wildman–Crippen MR) is 171 cm³/mol. The number of hydrogen-bond acceptors (Lipinski definition) is 7. The van der Waals surface area contributed by atoms with Crippen molar-refractivity contribution in [2.24, 2.45) is 0 Å². The number of hydrogen-bond donors (Lipinski definition) is 2. The molecule has 0 spiro atoms. The molecule has 0 aliphatic carbocycles. The van der Waals surface area contributed by atoms with E-state index >= 15 is 8.78 Å². The molecule has 3 aromatic carbocycles. The van der Waals surface area contributed by atoms with Crippen LogP contribution in [0.1, 0.15) is 23.2 Å². The Labute approximate surface area is 266 Å². The third-order valence-corrected chi connectivity index (χ3v) is 9.62. The van der Waals surface area contributed by atoms with Crippen LogP contribution in [0.3, 0.4) is 0 Å². The summed E-state index contributed by atoms with van der Waals surface area (Å²) in [7, 11) is -4.31. The van der Waals surface area contributed by atoms with Crippen LogP contribution in [0, 0.1) is 11.6 Å². The zero-order valence-electron chi connectivity index (χ0n) is 23.9. The van der Waals surface area contributed by atoms with Crippen LogP contribution in [-0.2, 0) is 10.0 Å². The van der Waals surface area contributed by atoms with E-state index in [-0.39, 0.29) is 27.2 Å². The van der Waals surface area contributed by atoms with E-state index in [9.17, 15) is 13.2 Å². The average molecular weight is 660 g/mol. The topological polar surface area (TPSA) is 122 Å². The Morgan fingerprint density at radius 3 is 2.48 bits per heavy atom. The van der Waals surface area contributed by atoms with Crippen molar-refractivity contribution in [3.05, 3.63) is 108 Å². The molecule has 1 aliphatic rings. The molecule has 0 atom stereocenters. The van der Waals surface area contributed by atoms with Crippen molar-refractivity contribution in [3.63, 3.8) is 0 Å². The fourth-order valence-corrected chi connectivity index (χ4v) is 7.09. The lowest BCUT2D eigenvalue weighted by Crippen LogP contribution is -2.27. The fraction of sp³-hybridized carbons (Fsp3) is 0.125. The number of halogens is 3. The molecule has 3 aromatic heterocycles. The van der Waals surface area contributed by atoms with Gasteiger partial charge in [0.15, 0.2) is 11.6 Å². The van der Waals surface area contributed by atoms with Crippen molar-refractivity contribution in [2.45, 2.75) is 17.7 Å². The number of likely N-dealkylation sites (tertiary alicyclic amines) is 1. The number of amides is 1. The highest BCUT2D eigenvalue weighted by molar-refractivity contribution is 7.92. The van der Waals surface area contributed by atoms with Gasteiger partial charge in [0.25, 0.3) is 15.9 Å². The molecule has 0 bridgehead atoms. The van der Waals surface area contributed by atoms with E-state index in [1.54, 1.807) is 29.0 Å². The number of nitrogens with one attached hydrogen (secondary N) is 2. The fourth-order valence-electron chi connectivity index (χ4n) is 5.51. The molecule has 1 aliphatic heterocycles. The Hall–Kier alpha value is -5.14. The van der Waals surface area contributed by atoms with Gasteiger partial charge in [0.2, 0.25) is 0 Å². The summed E-state index contributed by atoms with van der Waals surface area (Å²) in [6.07, 6.45) is 4.88. The summed E-state index contributed by atoms with van der Waals surface area (Å²) >= 11 is 6.04. The number of fused-ring (bicyclic) bond motifs is 2. The number of para-hydroxylation sites is 1. The summed E-state index contributed by atoms with van der Waals surface area (Å²) in [5.41, 5.74) is 0.691. The number of benzene rings is 3.